The summed E-state index contributed by atoms with van der Waals surface area (Å²) in [6, 6.07) is 7.46. The SMILES string of the molecule is NCCc1ccc(S(=O)(=O)N2CCC3CCCCC32)cc1. The molecule has 2 unspecified atom stereocenters. The fourth-order valence-electron chi connectivity index (χ4n) is 3.79. The van der Waals surface area contributed by atoms with Crippen LogP contribution in [0, 0.1) is 5.92 Å². The Hall–Kier alpha value is -0.910. The Morgan fingerprint density at radius 3 is 2.52 bits per heavy atom. The number of hydrogen-bond acceptors (Lipinski definition) is 3. The van der Waals surface area contributed by atoms with Crippen LogP contribution in [0.25, 0.3) is 0 Å². The van der Waals surface area contributed by atoms with Crippen LogP contribution in [0.15, 0.2) is 29.2 Å². The second-order valence-electron chi connectivity index (χ2n) is 6.20. The molecule has 0 aromatic heterocycles. The Kier molecular flexibility index (Phi) is 4.33. The fraction of sp³-hybridized carbons (Fsp3) is 0.625. The van der Waals surface area contributed by atoms with Crippen LogP contribution in [0.2, 0.25) is 0 Å². The van der Waals surface area contributed by atoms with Crippen molar-refractivity contribution in [3.05, 3.63) is 29.8 Å². The average molecular weight is 308 g/mol. The van der Waals surface area contributed by atoms with Crippen molar-refractivity contribution in [3.8, 4) is 0 Å². The largest absolute Gasteiger partial charge is 0.330 e. The van der Waals surface area contributed by atoms with E-state index in [-0.39, 0.29) is 6.04 Å². The summed E-state index contributed by atoms with van der Waals surface area (Å²) in [6.45, 7) is 1.27. The lowest BCUT2D eigenvalue weighted by atomic mass is 9.86. The minimum atomic E-state index is -3.34. The van der Waals surface area contributed by atoms with Crippen molar-refractivity contribution in [3.63, 3.8) is 0 Å². The van der Waals surface area contributed by atoms with E-state index in [1.165, 1.54) is 12.8 Å². The van der Waals surface area contributed by atoms with E-state index in [1.807, 2.05) is 12.1 Å². The van der Waals surface area contributed by atoms with Crippen LogP contribution >= 0.6 is 0 Å². The predicted molar refractivity (Wildman–Crippen MR) is 83.5 cm³/mol. The Bertz CT molecular complexity index is 583. The smallest absolute Gasteiger partial charge is 0.243 e. The second kappa shape index (κ2) is 6.07. The fourth-order valence-corrected chi connectivity index (χ4v) is 5.52. The summed E-state index contributed by atoms with van der Waals surface area (Å²) in [5.74, 6) is 0.574. The van der Waals surface area contributed by atoms with Crippen molar-refractivity contribution in [2.24, 2.45) is 11.7 Å². The molecule has 1 aliphatic carbocycles. The highest BCUT2D eigenvalue weighted by atomic mass is 32.2. The number of sulfonamides is 1. The molecule has 2 fully saturated rings. The summed E-state index contributed by atoms with van der Waals surface area (Å²) in [5.41, 5.74) is 6.62. The lowest BCUT2D eigenvalue weighted by molar-refractivity contribution is 0.260. The van der Waals surface area contributed by atoms with Crippen LogP contribution < -0.4 is 5.73 Å². The quantitative estimate of drug-likeness (QED) is 0.927. The highest BCUT2D eigenvalue weighted by Gasteiger charge is 2.42. The number of rotatable bonds is 4. The molecule has 1 aromatic carbocycles. The lowest BCUT2D eigenvalue weighted by Crippen LogP contribution is -2.39. The van der Waals surface area contributed by atoms with E-state index in [9.17, 15) is 8.42 Å². The summed E-state index contributed by atoms with van der Waals surface area (Å²) in [4.78, 5) is 0.425. The third-order valence-corrected chi connectivity index (χ3v) is 6.86. The van der Waals surface area contributed by atoms with E-state index in [2.05, 4.69) is 0 Å². The molecule has 0 spiro atoms. The zero-order valence-corrected chi connectivity index (χ0v) is 13.2. The van der Waals surface area contributed by atoms with Gasteiger partial charge >= 0.3 is 0 Å². The number of nitrogens with two attached hydrogens (primary N) is 1. The maximum absolute atomic E-state index is 12.9. The van der Waals surface area contributed by atoms with Gasteiger partial charge in [0.15, 0.2) is 0 Å². The Labute approximate surface area is 127 Å². The molecule has 4 nitrogen and oxygen atoms in total. The summed E-state index contributed by atoms with van der Waals surface area (Å²) in [6.07, 6.45) is 6.43. The van der Waals surface area contributed by atoms with Crippen molar-refractivity contribution in [2.75, 3.05) is 13.1 Å². The zero-order chi connectivity index (χ0) is 14.9. The van der Waals surface area contributed by atoms with Crippen LogP contribution in [0.1, 0.15) is 37.7 Å². The molecule has 1 aliphatic heterocycles. The minimum absolute atomic E-state index is 0.229. The van der Waals surface area contributed by atoms with Crippen molar-refractivity contribution in [1.82, 2.24) is 4.31 Å². The standard InChI is InChI=1S/C16H24N2O2S/c17-11-9-13-5-7-15(8-6-13)21(19,20)18-12-10-14-3-1-2-4-16(14)18/h5-8,14,16H,1-4,9-12,17H2. The molecule has 0 bridgehead atoms. The van der Waals surface area contributed by atoms with E-state index in [1.54, 1.807) is 16.4 Å². The van der Waals surface area contributed by atoms with Gasteiger partial charge in [0.1, 0.15) is 0 Å². The molecule has 1 aromatic rings. The van der Waals surface area contributed by atoms with E-state index < -0.39 is 10.0 Å². The molecule has 1 saturated heterocycles. The number of benzene rings is 1. The Morgan fingerprint density at radius 1 is 1.10 bits per heavy atom. The van der Waals surface area contributed by atoms with Crippen LogP contribution in [0.4, 0.5) is 0 Å². The zero-order valence-electron chi connectivity index (χ0n) is 12.4. The first-order valence-corrected chi connectivity index (χ1v) is 9.38. The number of hydrogen-bond donors (Lipinski definition) is 1. The topological polar surface area (TPSA) is 63.4 Å². The monoisotopic (exact) mass is 308 g/mol. The first-order chi connectivity index (χ1) is 10.1. The Balaban J connectivity index is 1.83. The van der Waals surface area contributed by atoms with Gasteiger partial charge in [-0.15, -0.1) is 0 Å². The molecule has 21 heavy (non-hydrogen) atoms. The maximum atomic E-state index is 12.9. The van der Waals surface area contributed by atoms with Gasteiger partial charge in [-0.2, -0.15) is 4.31 Å². The van der Waals surface area contributed by atoms with Gasteiger partial charge in [-0.1, -0.05) is 25.0 Å². The second-order valence-corrected chi connectivity index (χ2v) is 8.09. The molecule has 0 amide bonds. The molecular formula is C16H24N2O2S. The van der Waals surface area contributed by atoms with E-state index in [0.29, 0.717) is 23.9 Å². The van der Waals surface area contributed by atoms with Crippen LogP contribution in [-0.4, -0.2) is 31.9 Å². The number of fused-ring (bicyclic) bond motifs is 1. The van der Waals surface area contributed by atoms with E-state index >= 15 is 0 Å². The van der Waals surface area contributed by atoms with Gasteiger partial charge in [-0.05, 0) is 55.8 Å². The van der Waals surface area contributed by atoms with Gasteiger partial charge in [0, 0.05) is 12.6 Å². The maximum Gasteiger partial charge on any atom is 0.243 e. The van der Waals surface area contributed by atoms with Gasteiger partial charge < -0.3 is 5.73 Å². The van der Waals surface area contributed by atoms with Crippen molar-refractivity contribution >= 4 is 10.0 Å². The van der Waals surface area contributed by atoms with Gasteiger partial charge in [-0.25, -0.2) is 8.42 Å². The molecule has 116 valence electrons. The first-order valence-electron chi connectivity index (χ1n) is 7.94. The van der Waals surface area contributed by atoms with Crippen molar-refractivity contribution in [2.45, 2.75) is 49.5 Å². The molecule has 5 heteroatoms. The molecule has 3 rings (SSSR count). The van der Waals surface area contributed by atoms with Gasteiger partial charge in [0.2, 0.25) is 10.0 Å². The van der Waals surface area contributed by atoms with Gasteiger partial charge in [0.25, 0.3) is 0 Å². The summed E-state index contributed by atoms with van der Waals surface area (Å²) >= 11 is 0. The molecule has 1 heterocycles. The van der Waals surface area contributed by atoms with E-state index in [0.717, 1.165) is 31.2 Å². The van der Waals surface area contributed by atoms with Crippen molar-refractivity contribution in [1.29, 1.82) is 0 Å². The molecule has 0 radical (unpaired) electrons. The van der Waals surface area contributed by atoms with Gasteiger partial charge in [-0.3, -0.25) is 0 Å². The lowest BCUT2D eigenvalue weighted by Gasteiger charge is -2.31. The molecule has 1 saturated carbocycles. The normalized spacial score (nSPS) is 26.7. The molecule has 2 aliphatic rings. The summed E-state index contributed by atoms with van der Waals surface area (Å²) < 4.78 is 27.5. The first kappa shape index (κ1) is 15.0. The predicted octanol–water partition coefficient (Wildman–Crippen LogP) is 2.14. The molecular weight excluding hydrogens is 284 g/mol. The summed E-state index contributed by atoms with van der Waals surface area (Å²) in [7, 11) is -3.34. The van der Waals surface area contributed by atoms with Crippen LogP contribution in [-0.2, 0) is 16.4 Å². The van der Waals surface area contributed by atoms with Crippen LogP contribution in [0.5, 0.6) is 0 Å². The number of nitrogens with zero attached hydrogens (tertiary/aromatic N) is 1. The summed E-state index contributed by atoms with van der Waals surface area (Å²) in [5, 5.41) is 0. The van der Waals surface area contributed by atoms with Crippen molar-refractivity contribution < 1.29 is 8.42 Å². The molecule has 2 atom stereocenters. The highest BCUT2D eigenvalue weighted by molar-refractivity contribution is 7.89. The van der Waals surface area contributed by atoms with E-state index in [4.69, 9.17) is 5.73 Å². The third-order valence-electron chi connectivity index (χ3n) is 4.92. The van der Waals surface area contributed by atoms with Gasteiger partial charge in [0.05, 0.1) is 4.90 Å². The average Bonchev–Trinajstić information content (AvgIpc) is 2.93. The molecule has 2 N–H and O–H groups in total. The highest BCUT2D eigenvalue weighted by Crippen LogP contribution is 2.39. The Morgan fingerprint density at radius 2 is 1.81 bits per heavy atom. The minimum Gasteiger partial charge on any atom is -0.330 e. The van der Waals surface area contributed by atoms with Crippen LogP contribution in [0.3, 0.4) is 0 Å². The third kappa shape index (κ3) is 2.87.